The Hall–Kier alpha value is -1.76. The van der Waals surface area contributed by atoms with Crippen LogP contribution in [0.2, 0.25) is 10.0 Å². The van der Waals surface area contributed by atoms with Crippen molar-refractivity contribution in [2.24, 2.45) is 0 Å². The summed E-state index contributed by atoms with van der Waals surface area (Å²) in [6.45, 7) is 0. The third kappa shape index (κ3) is 3.17. The molecule has 0 aliphatic carbocycles. The lowest BCUT2D eigenvalue weighted by Crippen LogP contribution is -2.43. The molecular weight excluding hydrogens is 482 g/mol. The molecule has 3 aromatic carbocycles. The number of carbonyl (C=O) groups is 1. The van der Waals surface area contributed by atoms with Crippen LogP contribution in [0.5, 0.6) is 0 Å². The zero-order chi connectivity index (χ0) is 18.3. The summed E-state index contributed by atoms with van der Waals surface area (Å²) >= 11 is 14.7. The highest BCUT2D eigenvalue weighted by Gasteiger charge is 2.34. The van der Waals surface area contributed by atoms with Crippen LogP contribution in [0.25, 0.3) is 0 Å². The fourth-order valence-electron chi connectivity index (χ4n) is 3.06. The number of amides is 1. The number of halogens is 3. The molecule has 0 bridgehead atoms. The summed E-state index contributed by atoms with van der Waals surface area (Å²) in [5.74, 6) is -0.0726. The lowest BCUT2D eigenvalue weighted by atomic mass is 10.0. The number of para-hydroxylation sites is 1. The maximum absolute atomic E-state index is 13.3. The standard InChI is InChI=1S/C20H13Cl2IN2O/c21-12-5-10-15(17(22)11-12)19-24-18-4-2-1-3-16(18)20(26)25(19)14-8-6-13(23)7-9-14/h1-11,19,24H/t19-/m1/s1. The van der Waals surface area contributed by atoms with Gasteiger partial charge >= 0.3 is 0 Å². The second kappa shape index (κ2) is 7.10. The van der Waals surface area contributed by atoms with Crippen LogP contribution in [0.1, 0.15) is 22.1 Å². The predicted octanol–water partition coefficient (Wildman–Crippen LogP) is 6.37. The van der Waals surface area contributed by atoms with Gasteiger partial charge in [-0.3, -0.25) is 9.69 Å². The Morgan fingerprint density at radius 3 is 2.42 bits per heavy atom. The van der Waals surface area contributed by atoms with Crippen molar-refractivity contribution < 1.29 is 4.79 Å². The molecule has 1 aliphatic heterocycles. The first-order valence-electron chi connectivity index (χ1n) is 7.94. The molecule has 1 amide bonds. The SMILES string of the molecule is O=C1c2ccccc2N[C@@H](c2ccc(Cl)cc2Cl)N1c1ccc(I)cc1. The summed E-state index contributed by atoms with van der Waals surface area (Å²) in [6.07, 6.45) is -0.428. The summed E-state index contributed by atoms with van der Waals surface area (Å²) < 4.78 is 1.10. The number of fused-ring (bicyclic) bond motifs is 1. The molecule has 0 saturated heterocycles. The van der Waals surface area contributed by atoms with Crippen molar-refractivity contribution in [3.8, 4) is 0 Å². The van der Waals surface area contributed by atoms with Gasteiger partial charge in [0.25, 0.3) is 5.91 Å². The Kier molecular flexibility index (Phi) is 4.82. The Labute approximate surface area is 175 Å². The number of hydrogen-bond donors (Lipinski definition) is 1. The molecule has 0 radical (unpaired) electrons. The molecule has 0 unspecified atom stereocenters. The summed E-state index contributed by atoms with van der Waals surface area (Å²) in [5.41, 5.74) is 3.01. The van der Waals surface area contributed by atoms with Crippen LogP contribution >= 0.6 is 45.8 Å². The quantitative estimate of drug-likeness (QED) is 0.420. The molecule has 4 rings (SSSR count). The van der Waals surface area contributed by atoms with Crippen molar-refractivity contribution in [2.75, 3.05) is 10.2 Å². The molecule has 1 atom stereocenters. The van der Waals surface area contributed by atoms with Gasteiger partial charge < -0.3 is 5.32 Å². The fourth-order valence-corrected chi connectivity index (χ4v) is 3.93. The van der Waals surface area contributed by atoms with E-state index in [0.717, 1.165) is 20.5 Å². The zero-order valence-electron chi connectivity index (χ0n) is 13.4. The molecule has 1 N–H and O–H groups in total. The highest BCUT2D eigenvalue weighted by atomic mass is 127. The van der Waals surface area contributed by atoms with Gasteiger partial charge in [-0.2, -0.15) is 0 Å². The molecule has 3 aromatic rings. The molecule has 0 aromatic heterocycles. The van der Waals surface area contributed by atoms with Gasteiger partial charge in [0.05, 0.1) is 5.56 Å². The largest absolute Gasteiger partial charge is 0.360 e. The summed E-state index contributed by atoms with van der Waals surface area (Å²) in [4.78, 5) is 15.0. The van der Waals surface area contributed by atoms with Crippen molar-refractivity contribution in [1.82, 2.24) is 0 Å². The number of rotatable bonds is 2. The average Bonchev–Trinajstić information content (AvgIpc) is 2.63. The Bertz CT molecular complexity index is 991. The van der Waals surface area contributed by atoms with Crippen molar-refractivity contribution >= 4 is 63.1 Å². The first-order chi connectivity index (χ1) is 12.5. The van der Waals surface area contributed by atoms with E-state index in [1.54, 1.807) is 17.0 Å². The zero-order valence-corrected chi connectivity index (χ0v) is 17.1. The number of nitrogens with one attached hydrogen (secondary N) is 1. The Balaban J connectivity index is 1.88. The Morgan fingerprint density at radius 2 is 1.69 bits per heavy atom. The smallest absolute Gasteiger partial charge is 0.262 e. The molecule has 6 heteroatoms. The van der Waals surface area contributed by atoms with Crippen LogP contribution < -0.4 is 10.2 Å². The molecule has 26 heavy (non-hydrogen) atoms. The van der Waals surface area contributed by atoms with Gasteiger partial charge in [0, 0.05) is 30.6 Å². The number of nitrogens with zero attached hydrogens (tertiary/aromatic N) is 1. The van der Waals surface area contributed by atoms with Gasteiger partial charge in [-0.05, 0) is 71.1 Å². The number of anilines is 2. The van der Waals surface area contributed by atoms with E-state index in [4.69, 9.17) is 23.2 Å². The van der Waals surface area contributed by atoms with E-state index in [1.807, 2.05) is 54.6 Å². The maximum atomic E-state index is 13.3. The summed E-state index contributed by atoms with van der Waals surface area (Å²) in [5, 5.41) is 4.51. The summed E-state index contributed by atoms with van der Waals surface area (Å²) in [6, 6.07) is 20.6. The van der Waals surface area contributed by atoms with Gasteiger partial charge in [-0.1, -0.05) is 41.4 Å². The molecule has 1 aliphatic rings. The molecule has 1 heterocycles. The van der Waals surface area contributed by atoms with E-state index in [0.29, 0.717) is 15.6 Å². The number of hydrogen-bond acceptors (Lipinski definition) is 2. The molecule has 3 nitrogen and oxygen atoms in total. The second-order valence-corrected chi connectivity index (χ2v) is 8.00. The van der Waals surface area contributed by atoms with Crippen LogP contribution in [0.3, 0.4) is 0 Å². The highest BCUT2D eigenvalue weighted by Crippen LogP contribution is 2.39. The van der Waals surface area contributed by atoms with Crippen LogP contribution in [-0.2, 0) is 0 Å². The normalized spacial score (nSPS) is 16.2. The molecule has 0 spiro atoms. The van der Waals surface area contributed by atoms with E-state index in [9.17, 15) is 4.79 Å². The maximum Gasteiger partial charge on any atom is 0.262 e. The molecule has 0 fully saturated rings. The van der Waals surface area contributed by atoms with Gasteiger partial charge in [0.15, 0.2) is 0 Å². The van der Waals surface area contributed by atoms with Gasteiger partial charge in [0.2, 0.25) is 0 Å². The van der Waals surface area contributed by atoms with Crippen LogP contribution in [0.4, 0.5) is 11.4 Å². The van der Waals surface area contributed by atoms with E-state index in [2.05, 4.69) is 27.9 Å². The van der Waals surface area contributed by atoms with E-state index in [1.165, 1.54) is 0 Å². The fraction of sp³-hybridized carbons (Fsp3) is 0.0500. The van der Waals surface area contributed by atoms with Crippen LogP contribution in [-0.4, -0.2) is 5.91 Å². The first kappa shape index (κ1) is 17.6. The van der Waals surface area contributed by atoms with E-state index < -0.39 is 6.17 Å². The molecule has 130 valence electrons. The molecular formula is C20H13Cl2IN2O. The Morgan fingerprint density at radius 1 is 0.962 bits per heavy atom. The lowest BCUT2D eigenvalue weighted by molar-refractivity contribution is 0.0975. The van der Waals surface area contributed by atoms with Crippen molar-refractivity contribution in [3.63, 3.8) is 0 Å². The van der Waals surface area contributed by atoms with Gasteiger partial charge in [-0.25, -0.2) is 0 Å². The van der Waals surface area contributed by atoms with Crippen LogP contribution in [0, 0.1) is 3.57 Å². The van der Waals surface area contributed by atoms with E-state index >= 15 is 0 Å². The minimum Gasteiger partial charge on any atom is -0.360 e. The third-order valence-electron chi connectivity index (χ3n) is 4.29. The first-order valence-corrected chi connectivity index (χ1v) is 9.78. The topological polar surface area (TPSA) is 32.3 Å². The van der Waals surface area contributed by atoms with E-state index in [-0.39, 0.29) is 5.91 Å². The average molecular weight is 495 g/mol. The van der Waals surface area contributed by atoms with Gasteiger partial charge in [-0.15, -0.1) is 0 Å². The number of benzene rings is 3. The number of carbonyl (C=O) groups excluding carboxylic acids is 1. The predicted molar refractivity (Wildman–Crippen MR) is 115 cm³/mol. The monoisotopic (exact) mass is 494 g/mol. The third-order valence-corrected chi connectivity index (χ3v) is 5.57. The van der Waals surface area contributed by atoms with Crippen molar-refractivity contribution in [1.29, 1.82) is 0 Å². The minimum atomic E-state index is -0.428. The lowest BCUT2D eigenvalue weighted by Gasteiger charge is -2.38. The summed E-state index contributed by atoms with van der Waals surface area (Å²) in [7, 11) is 0. The van der Waals surface area contributed by atoms with Crippen LogP contribution in [0.15, 0.2) is 66.7 Å². The molecule has 0 saturated carbocycles. The van der Waals surface area contributed by atoms with Gasteiger partial charge in [0.1, 0.15) is 6.17 Å². The highest BCUT2D eigenvalue weighted by molar-refractivity contribution is 14.1. The second-order valence-electron chi connectivity index (χ2n) is 5.91. The minimum absolute atomic E-state index is 0.0726. The van der Waals surface area contributed by atoms with Crippen molar-refractivity contribution in [2.45, 2.75) is 6.17 Å². The van der Waals surface area contributed by atoms with Crippen molar-refractivity contribution in [3.05, 3.63) is 91.5 Å².